The van der Waals surface area contributed by atoms with Gasteiger partial charge in [0.05, 0.1) is 59.7 Å². The van der Waals surface area contributed by atoms with Crippen LogP contribution in [0, 0.1) is 22.7 Å². The van der Waals surface area contributed by atoms with E-state index in [9.17, 15) is 36.4 Å². The highest BCUT2D eigenvalue weighted by Crippen LogP contribution is 2.57. The molecule has 4 aliphatic rings. The fourth-order valence-electron chi connectivity index (χ4n) is 8.41. The Hall–Kier alpha value is -4.99. The lowest BCUT2D eigenvalue weighted by molar-refractivity contribution is -0.151. The summed E-state index contributed by atoms with van der Waals surface area (Å²) in [5.41, 5.74) is -0.568. The van der Waals surface area contributed by atoms with Crippen molar-refractivity contribution in [2.45, 2.75) is 95.5 Å². The first kappa shape index (κ1) is 42.1. The van der Waals surface area contributed by atoms with Crippen molar-refractivity contribution >= 4 is 44.4 Å². The molecule has 16 heteroatoms. The van der Waals surface area contributed by atoms with Gasteiger partial charge in [-0.2, -0.15) is 0 Å². The number of amides is 3. The fourth-order valence-corrected chi connectivity index (χ4v) is 9.80. The topological polar surface area (TPSA) is 165 Å². The van der Waals surface area contributed by atoms with E-state index in [1.807, 2.05) is 6.07 Å². The maximum Gasteiger partial charge on any atom is 0.265 e. The monoisotopic (exact) mass is 835 g/mol. The van der Waals surface area contributed by atoms with E-state index >= 15 is 0 Å². The highest BCUT2D eigenvalue weighted by molar-refractivity contribution is 7.90. The smallest absolute Gasteiger partial charge is 0.265 e. The number of piperidine rings is 1. The van der Waals surface area contributed by atoms with Crippen molar-refractivity contribution in [3.8, 4) is 22.9 Å². The predicted molar refractivity (Wildman–Crippen MR) is 215 cm³/mol. The minimum Gasteiger partial charge on any atom is -0.497 e. The Kier molecular flexibility index (Phi) is 11.3. The molecule has 0 spiro atoms. The van der Waals surface area contributed by atoms with Crippen LogP contribution in [0.3, 0.4) is 0 Å². The zero-order valence-electron chi connectivity index (χ0n) is 33.8. The number of sulfonamides is 1. The van der Waals surface area contributed by atoms with Gasteiger partial charge in [-0.25, -0.2) is 22.2 Å². The van der Waals surface area contributed by atoms with E-state index in [2.05, 4.69) is 16.3 Å². The Labute approximate surface area is 343 Å². The lowest BCUT2D eigenvalue weighted by atomic mass is 9.77. The molecule has 4 fully saturated rings. The number of fused-ring (bicyclic) bond motifs is 1. The van der Waals surface area contributed by atoms with E-state index in [1.54, 1.807) is 70.5 Å². The number of carbonyl (C=O) groups excluding carboxylic acids is 4. The van der Waals surface area contributed by atoms with Gasteiger partial charge in [0, 0.05) is 55.9 Å². The van der Waals surface area contributed by atoms with Crippen LogP contribution >= 0.6 is 0 Å². The number of ketones is 1. The number of halogens is 2. The number of ether oxygens (including phenoxy) is 2. The third-order valence-electron chi connectivity index (χ3n) is 12.1. The molecule has 7 rings (SSSR count). The van der Waals surface area contributed by atoms with Gasteiger partial charge in [0.15, 0.2) is 5.78 Å². The van der Waals surface area contributed by atoms with Crippen molar-refractivity contribution in [1.82, 2.24) is 24.5 Å². The molecule has 3 amide bonds. The van der Waals surface area contributed by atoms with E-state index in [0.29, 0.717) is 46.6 Å². The normalized spacial score (nSPS) is 24.6. The molecule has 4 heterocycles. The number of hydrogen-bond acceptors (Lipinski definition) is 10. The van der Waals surface area contributed by atoms with Crippen molar-refractivity contribution in [1.29, 1.82) is 0 Å². The lowest BCUT2D eigenvalue weighted by Crippen LogP contribution is -2.51. The average molecular weight is 836 g/mol. The standard InChI is InChI=1S/C43H51F2N5O8S/c1-6-26-22-42(26,40(54)48-59(55,56)29-12-13-29)23-36(51)35-19-28(24-50(35)39(53)31(41(2,3)4)20-38(52)49-17-9-15-43(44,45)25-49)58-37-21-34(32-10-7-8-16-46-32)47-33-18-27(57-5)11-14-30(33)37/h6-8,10-11,14,16,18,21,26,28-29,31,35H,1,9,12-13,15,17,19-20,22-25H2,2-5H3,(H,48,54)/t26-,28-,31-,35+,42-/m1/s1. The predicted octanol–water partition coefficient (Wildman–Crippen LogP) is 5.72. The molecule has 2 saturated heterocycles. The Morgan fingerprint density at radius 2 is 1.86 bits per heavy atom. The zero-order chi connectivity index (χ0) is 42.5. The second kappa shape index (κ2) is 15.9. The molecule has 2 aliphatic heterocycles. The largest absolute Gasteiger partial charge is 0.497 e. The Morgan fingerprint density at radius 3 is 2.49 bits per heavy atom. The number of likely N-dealkylation sites (tertiary alicyclic amines) is 2. The van der Waals surface area contributed by atoms with Gasteiger partial charge in [0.2, 0.25) is 27.7 Å². The number of pyridine rings is 2. The maximum absolute atomic E-state index is 14.9. The quantitative estimate of drug-likeness (QED) is 0.199. The molecule has 316 valence electrons. The van der Waals surface area contributed by atoms with E-state index in [1.165, 1.54) is 11.0 Å². The van der Waals surface area contributed by atoms with Crippen molar-refractivity contribution in [3.63, 3.8) is 0 Å². The number of hydrogen-bond donors (Lipinski definition) is 1. The summed E-state index contributed by atoms with van der Waals surface area (Å²) < 4.78 is 68.8. The summed E-state index contributed by atoms with van der Waals surface area (Å²) in [6.07, 6.45) is 2.63. The lowest BCUT2D eigenvalue weighted by Gasteiger charge is -2.37. The van der Waals surface area contributed by atoms with Crippen LogP contribution in [0.1, 0.15) is 72.1 Å². The molecular weight excluding hydrogens is 785 g/mol. The summed E-state index contributed by atoms with van der Waals surface area (Å²) >= 11 is 0. The number of rotatable bonds is 14. The number of alkyl halides is 2. The van der Waals surface area contributed by atoms with Crippen LogP contribution in [0.2, 0.25) is 0 Å². The minimum atomic E-state index is -3.92. The van der Waals surface area contributed by atoms with Gasteiger partial charge < -0.3 is 19.3 Å². The number of carbonyl (C=O) groups is 4. The molecule has 0 bridgehead atoms. The summed E-state index contributed by atoms with van der Waals surface area (Å²) in [7, 11) is -2.37. The molecule has 3 aromatic rings. The van der Waals surface area contributed by atoms with E-state index in [4.69, 9.17) is 14.5 Å². The van der Waals surface area contributed by atoms with Crippen LogP contribution in [0.25, 0.3) is 22.3 Å². The molecule has 2 aliphatic carbocycles. The molecule has 0 unspecified atom stereocenters. The molecule has 1 N–H and O–H groups in total. The number of aromatic nitrogens is 2. The number of nitrogens with zero attached hydrogens (tertiary/aromatic N) is 4. The number of allylic oxidation sites excluding steroid dienone is 1. The van der Waals surface area contributed by atoms with Crippen molar-refractivity contribution in [3.05, 3.63) is 61.3 Å². The Morgan fingerprint density at radius 1 is 1.10 bits per heavy atom. The molecule has 59 heavy (non-hydrogen) atoms. The van der Waals surface area contributed by atoms with E-state index in [-0.39, 0.29) is 51.6 Å². The second-order valence-corrected chi connectivity index (χ2v) is 19.5. The van der Waals surface area contributed by atoms with Crippen LogP contribution in [0.15, 0.2) is 61.3 Å². The molecule has 2 saturated carbocycles. The number of benzene rings is 1. The van der Waals surface area contributed by atoms with Crippen LogP contribution in [0.5, 0.6) is 11.5 Å². The number of methoxy groups -OCH3 is 1. The third-order valence-corrected chi connectivity index (χ3v) is 14.0. The molecule has 1 aromatic carbocycles. The SMILES string of the molecule is C=C[C@@H]1C[C@]1(CC(=O)[C@@H]1C[C@@H](Oc2cc(-c3ccccn3)nc3cc(OC)ccc23)CN1C(=O)[C@@H](CC(=O)N1CCCC(F)(F)C1)C(C)(C)C)C(=O)NS(=O)(=O)C1CC1. The highest BCUT2D eigenvalue weighted by atomic mass is 32.2. The van der Waals surface area contributed by atoms with Gasteiger partial charge in [-0.3, -0.25) is 28.9 Å². The number of Topliss-reactive ketones (excluding diaryl/α,β-unsaturated/α-hetero) is 1. The maximum atomic E-state index is 14.9. The summed E-state index contributed by atoms with van der Waals surface area (Å²) in [4.78, 5) is 68.6. The molecule has 5 atom stereocenters. The first-order chi connectivity index (χ1) is 27.8. The molecule has 2 aromatic heterocycles. The third kappa shape index (κ3) is 8.97. The van der Waals surface area contributed by atoms with Crippen LogP contribution in [-0.2, 0) is 29.2 Å². The molecule has 13 nitrogen and oxygen atoms in total. The molecular formula is C43H51F2N5O8S. The van der Waals surface area contributed by atoms with Gasteiger partial charge in [-0.05, 0) is 61.3 Å². The van der Waals surface area contributed by atoms with Crippen LogP contribution in [0.4, 0.5) is 8.78 Å². The summed E-state index contributed by atoms with van der Waals surface area (Å²) in [5.74, 6) is -5.88. The summed E-state index contributed by atoms with van der Waals surface area (Å²) in [5, 5.41) is -0.0216. The van der Waals surface area contributed by atoms with Gasteiger partial charge in [0.1, 0.15) is 17.6 Å². The molecule has 0 radical (unpaired) electrons. The van der Waals surface area contributed by atoms with Crippen LogP contribution < -0.4 is 14.2 Å². The fraction of sp³-hybridized carbons (Fsp3) is 0.535. The van der Waals surface area contributed by atoms with Crippen LogP contribution in [-0.4, -0.2) is 102 Å². The average Bonchev–Trinajstić information content (AvgIpc) is 4.12. The Bertz CT molecular complexity index is 2260. The zero-order valence-corrected chi connectivity index (χ0v) is 34.6. The highest BCUT2D eigenvalue weighted by Gasteiger charge is 2.61. The summed E-state index contributed by atoms with van der Waals surface area (Å²) in [6.45, 7) is 8.51. The number of nitrogens with one attached hydrogen (secondary N) is 1. The van der Waals surface area contributed by atoms with Gasteiger partial charge >= 0.3 is 0 Å². The first-order valence-electron chi connectivity index (χ1n) is 20.1. The van der Waals surface area contributed by atoms with Crippen molar-refractivity contribution < 1.29 is 45.9 Å². The summed E-state index contributed by atoms with van der Waals surface area (Å²) in [6, 6.07) is 11.3. The first-order valence-corrected chi connectivity index (χ1v) is 21.6. The van der Waals surface area contributed by atoms with E-state index in [0.717, 1.165) is 4.90 Å². The van der Waals surface area contributed by atoms with E-state index < -0.39 is 86.1 Å². The van der Waals surface area contributed by atoms with Gasteiger partial charge in [-0.15, -0.1) is 6.58 Å². The van der Waals surface area contributed by atoms with Crippen molar-refractivity contribution in [2.75, 3.05) is 26.7 Å². The minimum absolute atomic E-state index is 0.0173. The van der Waals surface area contributed by atoms with Crippen molar-refractivity contribution in [2.24, 2.45) is 22.7 Å². The second-order valence-electron chi connectivity index (χ2n) is 17.5. The van der Waals surface area contributed by atoms with Gasteiger partial charge in [0.25, 0.3) is 5.92 Å². The van der Waals surface area contributed by atoms with Gasteiger partial charge in [-0.1, -0.05) is 32.9 Å². The Balaban J connectivity index is 1.21.